The summed E-state index contributed by atoms with van der Waals surface area (Å²) in [5.74, 6) is 0.305. The van der Waals surface area contributed by atoms with Gasteiger partial charge in [-0.25, -0.2) is 0 Å². The molecular formula is C25H30N2Si. The highest BCUT2D eigenvalue weighted by Gasteiger charge is 2.40. The second-order valence-corrected chi connectivity index (χ2v) is 13.1. The lowest BCUT2D eigenvalue weighted by molar-refractivity contribution is 0.979. The zero-order valence-corrected chi connectivity index (χ0v) is 18.8. The molecule has 0 saturated heterocycles. The second-order valence-electron chi connectivity index (χ2n) is 8.80. The van der Waals surface area contributed by atoms with Crippen LogP contribution in [-0.2, 0) is 0 Å². The van der Waals surface area contributed by atoms with Crippen molar-refractivity contribution in [3.05, 3.63) is 83.4 Å². The van der Waals surface area contributed by atoms with E-state index >= 15 is 0 Å². The van der Waals surface area contributed by atoms with Gasteiger partial charge in [0.2, 0.25) is 0 Å². The van der Waals surface area contributed by atoms with E-state index in [9.17, 15) is 0 Å². The number of hydrogen-bond donors (Lipinski definition) is 0. The zero-order chi connectivity index (χ0) is 20.1. The minimum absolute atomic E-state index is 0.305. The molecular weight excluding hydrogens is 356 g/mol. The van der Waals surface area contributed by atoms with Crippen molar-refractivity contribution < 1.29 is 0 Å². The number of nitrogens with zero attached hydrogens (tertiary/aromatic N) is 2. The van der Waals surface area contributed by atoms with Gasteiger partial charge in [0.05, 0.1) is 0 Å². The lowest BCUT2D eigenvalue weighted by Crippen LogP contribution is -2.59. The minimum Gasteiger partial charge on any atom is -0.378 e. The molecule has 0 aromatic heterocycles. The van der Waals surface area contributed by atoms with E-state index in [-0.39, 0.29) is 0 Å². The quantitative estimate of drug-likeness (QED) is 0.625. The van der Waals surface area contributed by atoms with Gasteiger partial charge in [0.15, 0.2) is 0 Å². The summed E-state index contributed by atoms with van der Waals surface area (Å²) in [6.45, 7) is 5.01. The zero-order valence-electron chi connectivity index (χ0n) is 17.8. The Kier molecular flexibility index (Phi) is 4.58. The fourth-order valence-electron chi connectivity index (χ4n) is 4.55. The smallest absolute Gasteiger partial charge is 0.113 e. The maximum Gasteiger partial charge on any atom is 0.113 e. The molecule has 2 nitrogen and oxygen atoms in total. The Bertz CT molecular complexity index is 945. The Morgan fingerprint density at radius 3 is 1.54 bits per heavy atom. The molecule has 3 aromatic carbocycles. The first kappa shape index (κ1) is 18.8. The van der Waals surface area contributed by atoms with E-state index in [4.69, 9.17) is 0 Å². The molecule has 1 aliphatic rings. The van der Waals surface area contributed by atoms with E-state index in [1.807, 2.05) is 0 Å². The summed E-state index contributed by atoms with van der Waals surface area (Å²) in [6, 6.07) is 25.2. The topological polar surface area (TPSA) is 6.48 Å². The number of anilines is 2. The highest BCUT2D eigenvalue weighted by molar-refractivity contribution is 7.01. The first-order chi connectivity index (χ1) is 13.3. The van der Waals surface area contributed by atoms with Gasteiger partial charge in [0, 0.05) is 45.5 Å². The Morgan fingerprint density at radius 1 is 0.643 bits per heavy atom. The number of fused-ring (bicyclic) bond motifs is 2. The van der Waals surface area contributed by atoms with Crippen LogP contribution in [0.15, 0.2) is 66.7 Å². The average molecular weight is 387 g/mol. The van der Waals surface area contributed by atoms with Gasteiger partial charge >= 0.3 is 0 Å². The summed E-state index contributed by atoms with van der Waals surface area (Å²) in [4.78, 5) is 4.43. The third-order valence-electron chi connectivity index (χ3n) is 6.21. The monoisotopic (exact) mass is 386 g/mol. The van der Waals surface area contributed by atoms with E-state index in [1.54, 1.807) is 10.4 Å². The van der Waals surface area contributed by atoms with Crippen molar-refractivity contribution in [3.63, 3.8) is 0 Å². The first-order valence-corrected chi connectivity index (χ1v) is 13.0. The minimum atomic E-state index is -1.81. The summed E-state index contributed by atoms with van der Waals surface area (Å²) < 4.78 is 0. The van der Waals surface area contributed by atoms with E-state index < -0.39 is 8.07 Å². The fourth-order valence-corrected chi connectivity index (χ4v) is 7.75. The Hall–Kier alpha value is -2.52. The van der Waals surface area contributed by atoms with Gasteiger partial charge in [0.1, 0.15) is 8.07 Å². The summed E-state index contributed by atoms with van der Waals surface area (Å²) in [5, 5.41) is 3.13. The van der Waals surface area contributed by atoms with Crippen LogP contribution in [0.4, 0.5) is 11.4 Å². The van der Waals surface area contributed by atoms with Crippen LogP contribution in [0.3, 0.4) is 0 Å². The third kappa shape index (κ3) is 2.94. The molecule has 0 unspecified atom stereocenters. The predicted octanol–water partition coefficient (Wildman–Crippen LogP) is 4.13. The van der Waals surface area contributed by atoms with Crippen LogP contribution < -0.4 is 20.2 Å². The second kappa shape index (κ2) is 6.82. The molecule has 0 saturated carbocycles. The maximum atomic E-state index is 2.50. The summed E-state index contributed by atoms with van der Waals surface area (Å²) in [7, 11) is 6.71. The predicted molar refractivity (Wildman–Crippen MR) is 126 cm³/mol. The Labute approximate surface area is 170 Å². The molecule has 0 bridgehead atoms. The van der Waals surface area contributed by atoms with E-state index in [2.05, 4.69) is 118 Å². The van der Waals surface area contributed by atoms with Crippen LogP contribution in [0, 0.1) is 0 Å². The van der Waals surface area contributed by atoms with Gasteiger partial charge in [-0.2, -0.15) is 0 Å². The van der Waals surface area contributed by atoms with Gasteiger partial charge in [-0.15, -0.1) is 0 Å². The Morgan fingerprint density at radius 2 is 1.11 bits per heavy atom. The molecule has 0 atom stereocenters. The standard InChI is InChI=1S/C25H30N2Si/c1-26(2)19-12-14-21-23(16-19)28(5,6)24-17-20(27(3)4)13-15-22(24)25(21)18-10-8-7-9-11-18/h7-17,25H,1-6H3. The molecule has 1 heterocycles. The van der Waals surface area contributed by atoms with Crippen molar-refractivity contribution in [2.75, 3.05) is 38.0 Å². The lowest BCUT2D eigenvalue weighted by atomic mass is 9.84. The summed E-state index contributed by atoms with van der Waals surface area (Å²) >= 11 is 0. The molecule has 0 radical (unpaired) electrons. The molecule has 0 spiro atoms. The summed E-state index contributed by atoms with van der Waals surface area (Å²) in [6.07, 6.45) is 0. The molecule has 0 aliphatic carbocycles. The van der Waals surface area contributed by atoms with Crippen molar-refractivity contribution in [2.45, 2.75) is 19.0 Å². The molecule has 0 N–H and O–H groups in total. The molecule has 3 heteroatoms. The van der Waals surface area contributed by atoms with Crippen molar-refractivity contribution >= 4 is 29.8 Å². The van der Waals surface area contributed by atoms with Crippen LogP contribution in [-0.4, -0.2) is 36.3 Å². The maximum absolute atomic E-state index is 2.50. The molecule has 3 aromatic rings. The van der Waals surface area contributed by atoms with E-state index in [0.717, 1.165) is 0 Å². The molecule has 144 valence electrons. The van der Waals surface area contributed by atoms with Crippen LogP contribution in [0.2, 0.25) is 13.1 Å². The van der Waals surface area contributed by atoms with Crippen LogP contribution in [0.5, 0.6) is 0 Å². The molecule has 4 rings (SSSR count). The van der Waals surface area contributed by atoms with Gasteiger partial charge in [-0.1, -0.05) is 55.6 Å². The lowest BCUT2D eigenvalue weighted by Gasteiger charge is -2.39. The van der Waals surface area contributed by atoms with Crippen molar-refractivity contribution in [2.24, 2.45) is 0 Å². The van der Waals surface area contributed by atoms with Gasteiger partial charge in [0.25, 0.3) is 0 Å². The SMILES string of the molecule is CN(C)c1ccc2c(c1)[Si](C)(C)c1cc(N(C)C)ccc1C2c1ccccc1. The van der Waals surface area contributed by atoms with Crippen molar-refractivity contribution in [1.82, 2.24) is 0 Å². The Balaban J connectivity index is 2.02. The van der Waals surface area contributed by atoms with E-state index in [0.29, 0.717) is 5.92 Å². The summed E-state index contributed by atoms with van der Waals surface area (Å²) in [5.41, 5.74) is 6.93. The van der Waals surface area contributed by atoms with Gasteiger partial charge in [-0.05, 0) is 51.3 Å². The number of benzene rings is 3. The molecule has 1 aliphatic heterocycles. The first-order valence-electron chi connectivity index (χ1n) is 9.99. The number of rotatable bonds is 3. The van der Waals surface area contributed by atoms with Crippen LogP contribution in [0.25, 0.3) is 0 Å². The molecule has 0 fully saturated rings. The molecule has 28 heavy (non-hydrogen) atoms. The van der Waals surface area contributed by atoms with Gasteiger partial charge < -0.3 is 9.80 Å². The molecule has 0 amide bonds. The van der Waals surface area contributed by atoms with Crippen molar-refractivity contribution in [1.29, 1.82) is 0 Å². The average Bonchev–Trinajstić information content (AvgIpc) is 2.68. The third-order valence-corrected chi connectivity index (χ3v) is 9.77. The highest BCUT2D eigenvalue weighted by atomic mass is 28.3. The van der Waals surface area contributed by atoms with E-state index in [1.165, 1.54) is 28.1 Å². The largest absolute Gasteiger partial charge is 0.378 e. The van der Waals surface area contributed by atoms with Crippen LogP contribution >= 0.6 is 0 Å². The highest BCUT2D eigenvalue weighted by Crippen LogP contribution is 2.37. The van der Waals surface area contributed by atoms with Crippen molar-refractivity contribution in [3.8, 4) is 0 Å². The fraction of sp³-hybridized carbons (Fsp3) is 0.280. The van der Waals surface area contributed by atoms with Gasteiger partial charge in [-0.3, -0.25) is 0 Å². The normalized spacial score (nSPS) is 14.9. The number of hydrogen-bond acceptors (Lipinski definition) is 2. The van der Waals surface area contributed by atoms with Crippen LogP contribution in [0.1, 0.15) is 22.6 Å².